The quantitative estimate of drug-likeness (QED) is 0.488. The molecule has 0 N–H and O–H groups in total. The summed E-state index contributed by atoms with van der Waals surface area (Å²) in [5, 5.41) is 10.9. The minimum atomic E-state index is -0.456. The molecule has 2 aromatic rings. The maximum absolute atomic E-state index is 10.9. The molecule has 0 unspecified atom stereocenters. The number of aromatic nitrogens is 2. The monoisotopic (exact) mass is 279 g/mol. The van der Waals surface area contributed by atoms with Gasteiger partial charge in [0.1, 0.15) is 5.75 Å². The van der Waals surface area contributed by atoms with Gasteiger partial charge in [-0.25, -0.2) is 4.98 Å². The van der Waals surface area contributed by atoms with E-state index in [4.69, 9.17) is 16.3 Å². The number of hydrogen-bond acceptors (Lipinski definition) is 5. The fourth-order valence-corrected chi connectivity index (χ4v) is 1.65. The standard InChI is InChI=1S/C12H10ClN3O3/c1-7-6-14-12(13)15-11(7)19-10-5-3-4-9(8(10)2)16(17)18/h3-6H,1-2H3. The average molecular weight is 280 g/mol. The largest absolute Gasteiger partial charge is 0.438 e. The number of benzene rings is 1. The van der Waals surface area contributed by atoms with Gasteiger partial charge in [-0.3, -0.25) is 10.1 Å². The molecule has 2 rings (SSSR count). The Balaban J connectivity index is 2.41. The van der Waals surface area contributed by atoms with Gasteiger partial charge in [0.2, 0.25) is 11.2 Å². The Morgan fingerprint density at radius 2 is 2.11 bits per heavy atom. The first-order chi connectivity index (χ1) is 8.99. The van der Waals surface area contributed by atoms with Gasteiger partial charge in [-0.05, 0) is 31.5 Å². The highest BCUT2D eigenvalue weighted by Gasteiger charge is 2.16. The Labute approximate surface area is 114 Å². The Kier molecular flexibility index (Phi) is 3.62. The van der Waals surface area contributed by atoms with Crippen LogP contribution in [0.4, 0.5) is 5.69 Å². The van der Waals surface area contributed by atoms with E-state index in [2.05, 4.69) is 9.97 Å². The number of hydrogen-bond donors (Lipinski definition) is 0. The van der Waals surface area contributed by atoms with Crippen LogP contribution in [0.1, 0.15) is 11.1 Å². The molecule has 0 radical (unpaired) electrons. The van der Waals surface area contributed by atoms with Crippen LogP contribution in [0, 0.1) is 24.0 Å². The van der Waals surface area contributed by atoms with Crippen molar-refractivity contribution >= 4 is 17.3 Å². The fourth-order valence-electron chi connectivity index (χ4n) is 1.52. The molecule has 0 saturated heterocycles. The highest BCUT2D eigenvalue weighted by atomic mass is 35.5. The summed E-state index contributed by atoms with van der Waals surface area (Å²) in [6, 6.07) is 4.61. The molecule has 0 aliphatic rings. The first-order valence-corrected chi connectivity index (χ1v) is 5.78. The van der Waals surface area contributed by atoms with Crippen LogP contribution in [0.25, 0.3) is 0 Å². The summed E-state index contributed by atoms with van der Waals surface area (Å²) in [5.41, 5.74) is 1.12. The third-order valence-corrected chi connectivity index (χ3v) is 2.74. The van der Waals surface area contributed by atoms with Crippen LogP contribution < -0.4 is 4.74 Å². The molecule has 0 aliphatic carbocycles. The zero-order chi connectivity index (χ0) is 14.0. The Bertz CT molecular complexity index is 646. The van der Waals surface area contributed by atoms with E-state index < -0.39 is 4.92 Å². The third-order valence-electron chi connectivity index (χ3n) is 2.55. The molecular weight excluding hydrogens is 270 g/mol. The first-order valence-electron chi connectivity index (χ1n) is 5.40. The van der Waals surface area contributed by atoms with Crippen LogP contribution in [0.3, 0.4) is 0 Å². The lowest BCUT2D eigenvalue weighted by Crippen LogP contribution is -1.97. The van der Waals surface area contributed by atoms with Crippen molar-refractivity contribution in [1.29, 1.82) is 0 Å². The van der Waals surface area contributed by atoms with Gasteiger partial charge in [0.05, 0.1) is 10.5 Å². The SMILES string of the molecule is Cc1cnc(Cl)nc1Oc1cccc([N+](=O)[O-])c1C. The topological polar surface area (TPSA) is 78.2 Å². The summed E-state index contributed by atoms with van der Waals surface area (Å²) in [6.07, 6.45) is 1.53. The Morgan fingerprint density at radius 1 is 1.37 bits per heavy atom. The van der Waals surface area contributed by atoms with Gasteiger partial charge in [0.15, 0.2) is 0 Å². The summed E-state index contributed by atoms with van der Waals surface area (Å²) in [7, 11) is 0. The average Bonchev–Trinajstić information content (AvgIpc) is 2.36. The van der Waals surface area contributed by atoms with Crippen LogP contribution in [0.15, 0.2) is 24.4 Å². The van der Waals surface area contributed by atoms with E-state index in [1.807, 2.05) is 0 Å². The molecule has 0 fully saturated rings. The van der Waals surface area contributed by atoms with Crippen molar-refractivity contribution in [2.45, 2.75) is 13.8 Å². The van der Waals surface area contributed by atoms with Gasteiger partial charge in [-0.2, -0.15) is 4.98 Å². The molecule has 0 aliphatic heterocycles. The number of ether oxygens (including phenoxy) is 1. The van der Waals surface area contributed by atoms with Crippen molar-refractivity contribution in [2.75, 3.05) is 0 Å². The van der Waals surface area contributed by atoms with E-state index in [0.717, 1.165) is 0 Å². The molecular formula is C12H10ClN3O3. The van der Waals surface area contributed by atoms with Gasteiger partial charge in [0, 0.05) is 17.8 Å². The van der Waals surface area contributed by atoms with Crippen LogP contribution in [-0.2, 0) is 0 Å². The van der Waals surface area contributed by atoms with Crippen molar-refractivity contribution in [1.82, 2.24) is 9.97 Å². The second kappa shape index (κ2) is 5.19. The fraction of sp³-hybridized carbons (Fsp3) is 0.167. The summed E-state index contributed by atoms with van der Waals surface area (Å²) >= 11 is 5.69. The number of nitrogens with zero attached hydrogens (tertiary/aromatic N) is 3. The second-order valence-electron chi connectivity index (χ2n) is 3.89. The molecule has 0 amide bonds. The first kappa shape index (κ1) is 13.2. The summed E-state index contributed by atoms with van der Waals surface area (Å²) in [6.45, 7) is 3.38. The summed E-state index contributed by atoms with van der Waals surface area (Å²) in [5.74, 6) is 0.649. The number of aryl methyl sites for hydroxylation is 1. The van der Waals surface area contributed by atoms with Crippen molar-refractivity contribution in [2.24, 2.45) is 0 Å². The highest BCUT2D eigenvalue weighted by Crippen LogP contribution is 2.31. The molecule has 1 heterocycles. The van der Waals surface area contributed by atoms with E-state index in [-0.39, 0.29) is 16.9 Å². The molecule has 98 valence electrons. The molecule has 6 nitrogen and oxygen atoms in total. The predicted molar refractivity (Wildman–Crippen MR) is 69.7 cm³/mol. The highest BCUT2D eigenvalue weighted by molar-refractivity contribution is 6.28. The molecule has 0 saturated carbocycles. The minimum Gasteiger partial charge on any atom is -0.438 e. The minimum absolute atomic E-state index is 0.00435. The molecule has 0 spiro atoms. The van der Waals surface area contributed by atoms with E-state index in [0.29, 0.717) is 16.9 Å². The van der Waals surface area contributed by atoms with E-state index in [9.17, 15) is 10.1 Å². The molecule has 0 bridgehead atoms. The third kappa shape index (κ3) is 2.79. The maximum atomic E-state index is 10.9. The lowest BCUT2D eigenvalue weighted by Gasteiger charge is -2.09. The van der Waals surface area contributed by atoms with Crippen LogP contribution in [0.5, 0.6) is 11.6 Å². The van der Waals surface area contributed by atoms with E-state index in [1.54, 1.807) is 26.0 Å². The van der Waals surface area contributed by atoms with E-state index >= 15 is 0 Å². The molecule has 1 aromatic carbocycles. The van der Waals surface area contributed by atoms with Crippen LogP contribution in [0.2, 0.25) is 5.28 Å². The lowest BCUT2D eigenvalue weighted by atomic mass is 10.2. The smallest absolute Gasteiger partial charge is 0.276 e. The molecule has 19 heavy (non-hydrogen) atoms. The van der Waals surface area contributed by atoms with Crippen LogP contribution in [-0.4, -0.2) is 14.9 Å². The normalized spacial score (nSPS) is 10.3. The van der Waals surface area contributed by atoms with E-state index in [1.165, 1.54) is 12.3 Å². The molecule has 7 heteroatoms. The van der Waals surface area contributed by atoms with Crippen LogP contribution >= 0.6 is 11.6 Å². The number of rotatable bonds is 3. The molecule has 0 atom stereocenters. The Morgan fingerprint density at radius 3 is 2.79 bits per heavy atom. The zero-order valence-corrected chi connectivity index (χ0v) is 11.0. The molecule has 1 aromatic heterocycles. The Hall–Kier alpha value is -2.21. The number of halogens is 1. The lowest BCUT2D eigenvalue weighted by molar-refractivity contribution is -0.385. The van der Waals surface area contributed by atoms with Gasteiger partial charge in [-0.1, -0.05) is 6.07 Å². The number of nitro benzene ring substituents is 1. The van der Waals surface area contributed by atoms with Crippen molar-refractivity contribution in [3.8, 4) is 11.6 Å². The zero-order valence-electron chi connectivity index (χ0n) is 10.3. The van der Waals surface area contributed by atoms with Crippen molar-refractivity contribution in [3.05, 3.63) is 50.9 Å². The van der Waals surface area contributed by atoms with Gasteiger partial charge >= 0.3 is 0 Å². The van der Waals surface area contributed by atoms with Gasteiger partial charge in [0.25, 0.3) is 5.69 Å². The van der Waals surface area contributed by atoms with Crippen molar-refractivity contribution in [3.63, 3.8) is 0 Å². The second-order valence-corrected chi connectivity index (χ2v) is 4.22. The predicted octanol–water partition coefficient (Wildman–Crippen LogP) is 3.45. The summed E-state index contributed by atoms with van der Waals surface area (Å²) < 4.78 is 5.57. The maximum Gasteiger partial charge on any atom is 0.276 e. The van der Waals surface area contributed by atoms with Gasteiger partial charge in [-0.15, -0.1) is 0 Å². The summed E-state index contributed by atoms with van der Waals surface area (Å²) in [4.78, 5) is 18.2. The number of nitro groups is 1. The van der Waals surface area contributed by atoms with Gasteiger partial charge < -0.3 is 4.74 Å². The van der Waals surface area contributed by atoms with Crippen molar-refractivity contribution < 1.29 is 9.66 Å².